The summed E-state index contributed by atoms with van der Waals surface area (Å²) in [5, 5.41) is 1.08. The van der Waals surface area contributed by atoms with Crippen LogP contribution in [0.5, 0.6) is 5.75 Å². The fourth-order valence-corrected chi connectivity index (χ4v) is 5.53. The fraction of sp³-hybridized carbons (Fsp3) is 0.467. The maximum Gasteiger partial charge on any atom is 0.387 e. The molecule has 1 saturated carbocycles. The van der Waals surface area contributed by atoms with Gasteiger partial charge in [-0.1, -0.05) is 75.8 Å². The lowest BCUT2D eigenvalue weighted by molar-refractivity contribution is -0.0546. The van der Waals surface area contributed by atoms with Gasteiger partial charge in [-0.25, -0.2) is 13.2 Å². The zero-order chi connectivity index (χ0) is 25.7. The molecular weight excluding hydrogens is 471 g/mol. The zero-order valence-electron chi connectivity index (χ0n) is 20.6. The highest BCUT2D eigenvalue weighted by atomic mass is 19.3. The molecule has 0 bridgehead atoms. The molecule has 4 rings (SSSR count). The Labute approximate surface area is 209 Å². The third-order valence-electron chi connectivity index (χ3n) is 7.53. The highest BCUT2D eigenvalue weighted by molar-refractivity contribution is 5.89. The van der Waals surface area contributed by atoms with Crippen molar-refractivity contribution in [3.63, 3.8) is 0 Å². The van der Waals surface area contributed by atoms with E-state index >= 15 is 4.39 Å². The van der Waals surface area contributed by atoms with E-state index < -0.39 is 29.8 Å². The second kappa shape index (κ2) is 12.1. The predicted octanol–water partition coefficient (Wildman–Crippen LogP) is 10.2. The van der Waals surface area contributed by atoms with Crippen molar-refractivity contribution in [2.45, 2.75) is 83.7 Å². The molecule has 36 heavy (non-hydrogen) atoms. The van der Waals surface area contributed by atoms with E-state index in [1.165, 1.54) is 63.0 Å². The van der Waals surface area contributed by atoms with Gasteiger partial charge in [-0.05, 0) is 66.2 Å². The third kappa shape index (κ3) is 6.19. The Kier molecular flexibility index (Phi) is 8.86. The van der Waals surface area contributed by atoms with Crippen LogP contribution in [0.15, 0.2) is 42.5 Å². The van der Waals surface area contributed by atoms with Crippen LogP contribution in [0.1, 0.15) is 82.6 Å². The molecule has 194 valence electrons. The Morgan fingerprint density at radius 1 is 0.833 bits per heavy atom. The third-order valence-corrected chi connectivity index (χ3v) is 7.53. The maximum absolute atomic E-state index is 15.4. The summed E-state index contributed by atoms with van der Waals surface area (Å²) in [5.74, 6) is -3.13. The first-order chi connectivity index (χ1) is 17.4. The number of hydrogen-bond acceptors (Lipinski definition) is 1. The van der Waals surface area contributed by atoms with Crippen LogP contribution in [-0.2, 0) is 0 Å². The highest BCUT2D eigenvalue weighted by Gasteiger charge is 2.23. The Morgan fingerprint density at radius 2 is 1.53 bits per heavy atom. The maximum atomic E-state index is 15.4. The van der Waals surface area contributed by atoms with Crippen molar-refractivity contribution in [1.82, 2.24) is 0 Å². The van der Waals surface area contributed by atoms with E-state index in [4.69, 9.17) is 0 Å². The van der Waals surface area contributed by atoms with Gasteiger partial charge >= 0.3 is 6.61 Å². The standard InChI is InChI=1S/C30H33F5O/c1-2-3-4-5-6-7-19-8-10-20(11-9-19)21-12-14-24-22(16-21)13-15-25(28(24)33)23-17-26(31)29(27(32)18-23)36-30(34)35/h12-20,30H,2-11H2,1H3/t19-,20-. The van der Waals surface area contributed by atoms with E-state index in [-0.39, 0.29) is 11.1 Å². The first-order valence-electron chi connectivity index (χ1n) is 13.0. The SMILES string of the molecule is CCCCCCC[C@H]1CC[C@H](c2ccc3c(F)c(-c4cc(F)c(OC(F)F)c(F)c4)ccc3c2)CC1. The van der Waals surface area contributed by atoms with Gasteiger partial charge in [-0.15, -0.1) is 0 Å². The number of hydrogen-bond donors (Lipinski definition) is 0. The molecule has 3 aromatic carbocycles. The summed E-state index contributed by atoms with van der Waals surface area (Å²) in [6.07, 6.45) is 12.6. The van der Waals surface area contributed by atoms with Crippen LogP contribution in [0.4, 0.5) is 22.0 Å². The molecule has 0 aromatic heterocycles. The van der Waals surface area contributed by atoms with E-state index in [1.807, 2.05) is 12.1 Å². The molecule has 0 radical (unpaired) electrons. The number of unbranched alkanes of at least 4 members (excludes halogenated alkanes) is 4. The minimum Gasteiger partial charge on any atom is -0.429 e. The quantitative estimate of drug-likeness (QED) is 0.197. The molecule has 0 spiro atoms. The molecule has 0 amide bonds. The Hall–Kier alpha value is -2.63. The normalized spacial score (nSPS) is 18.2. The molecule has 3 aromatic rings. The van der Waals surface area contributed by atoms with Crippen LogP contribution in [-0.4, -0.2) is 6.61 Å². The van der Waals surface area contributed by atoms with E-state index in [0.29, 0.717) is 11.3 Å². The summed E-state index contributed by atoms with van der Waals surface area (Å²) in [5.41, 5.74) is 1.11. The number of halogens is 5. The Morgan fingerprint density at radius 3 is 2.19 bits per heavy atom. The van der Waals surface area contributed by atoms with Gasteiger partial charge in [0, 0.05) is 10.9 Å². The van der Waals surface area contributed by atoms with E-state index in [2.05, 4.69) is 11.7 Å². The minimum absolute atomic E-state index is 0.00362. The monoisotopic (exact) mass is 504 g/mol. The van der Waals surface area contributed by atoms with Crippen LogP contribution < -0.4 is 4.74 Å². The molecule has 6 heteroatoms. The molecule has 0 unspecified atom stereocenters. The largest absolute Gasteiger partial charge is 0.429 e. The van der Waals surface area contributed by atoms with Crippen LogP contribution in [0, 0.1) is 23.4 Å². The minimum atomic E-state index is -3.36. The summed E-state index contributed by atoms with van der Waals surface area (Å²) in [6, 6.07) is 10.5. The molecule has 1 aliphatic rings. The molecule has 0 atom stereocenters. The summed E-state index contributed by atoms with van der Waals surface area (Å²) in [4.78, 5) is 0. The van der Waals surface area contributed by atoms with Gasteiger partial charge in [0.25, 0.3) is 0 Å². The summed E-state index contributed by atoms with van der Waals surface area (Å²) in [7, 11) is 0. The first kappa shape index (κ1) is 26.4. The first-order valence-corrected chi connectivity index (χ1v) is 13.0. The fourth-order valence-electron chi connectivity index (χ4n) is 5.53. The second-order valence-electron chi connectivity index (χ2n) is 9.98. The van der Waals surface area contributed by atoms with Crippen LogP contribution in [0.2, 0.25) is 0 Å². The molecular formula is C30H33F5O. The Bertz CT molecular complexity index is 1140. The molecule has 1 nitrogen and oxygen atoms in total. The average Bonchev–Trinajstić information content (AvgIpc) is 2.86. The molecule has 0 saturated heterocycles. The van der Waals surface area contributed by atoms with Gasteiger partial charge in [0.1, 0.15) is 5.82 Å². The molecule has 0 aliphatic heterocycles. The van der Waals surface area contributed by atoms with Crippen LogP contribution in [0.3, 0.4) is 0 Å². The Balaban J connectivity index is 1.46. The van der Waals surface area contributed by atoms with Crippen molar-refractivity contribution in [3.05, 3.63) is 65.5 Å². The molecule has 1 aliphatic carbocycles. The van der Waals surface area contributed by atoms with E-state index in [9.17, 15) is 17.6 Å². The average molecular weight is 505 g/mol. The smallest absolute Gasteiger partial charge is 0.387 e. The van der Waals surface area contributed by atoms with Crippen molar-refractivity contribution < 1.29 is 26.7 Å². The molecule has 0 N–H and O–H groups in total. The van der Waals surface area contributed by atoms with E-state index in [0.717, 1.165) is 36.3 Å². The lowest BCUT2D eigenvalue weighted by atomic mass is 9.76. The van der Waals surface area contributed by atoms with Crippen molar-refractivity contribution >= 4 is 10.8 Å². The van der Waals surface area contributed by atoms with Crippen LogP contribution in [0.25, 0.3) is 21.9 Å². The number of ether oxygens (including phenoxy) is 1. The molecule has 1 fully saturated rings. The zero-order valence-corrected chi connectivity index (χ0v) is 20.6. The van der Waals surface area contributed by atoms with Crippen molar-refractivity contribution in [1.29, 1.82) is 0 Å². The van der Waals surface area contributed by atoms with Crippen molar-refractivity contribution in [2.75, 3.05) is 0 Å². The second-order valence-corrected chi connectivity index (χ2v) is 9.98. The van der Waals surface area contributed by atoms with Crippen molar-refractivity contribution in [3.8, 4) is 16.9 Å². The molecule has 0 heterocycles. The number of fused-ring (bicyclic) bond motifs is 1. The van der Waals surface area contributed by atoms with Gasteiger partial charge in [0.15, 0.2) is 17.4 Å². The van der Waals surface area contributed by atoms with Gasteiger partial charge in [-0.3, -0.25) is 0 Å². The van der Waals surface area contributed by atoms with Gasteiger partial charge in [0.05, 0.1) is 0 Å². The number of benzene rings is 3. The lowest BCUT2D eigenvalue weighted by Crippen LogP contribution is -2.13. The van der Waals surface area contributed by atoms with E-state index in [1.54, 1.807) is 12.1 Å². The topological polar surface area (TPSA) is 9.23 Å². The van der Waals surface area contributed by atoms with Gasteiger partial charge < -0.3 is 4.74 Å². The number of rotatable bonds is 10. The van der Waals surface area contributed by atoms with Crippen LogP contribution >= 0.6 is 0 Å². The summed E-state index contributed by atoms with van der Waals surface area (Å²) in [6.45, 7) is -1.13. The highest BCUT2D eigenvalue weighted by Crippen LogP contribution is 2.40. The lowest BCUT2D eigenvalue weighted by Gasteiger charge is -2.29. The number of alkyl halides is 2. The van der Waals surface area contributed by atoms with Gasteiger partial charge in [0.2, 0.25) is 0 Å². The summed E-state index contributed by atoms with van der Waals surface area (Å²) < 4.78 is 72.4. The van der Waals surface area contributed by atoms with Crippen molar-refractivity contribution in [2.24, 2.45) is 5.92 Å². The predicted molar refractivity (Wildman–Crippen MR) is 134 cm³/mol. The van der Waals surface area contributed by atoms with Gasteiger partial charge in [-0.2, -0.15) is 8.78 Å². The summed E-state index contributed by atoms with van der Waals surface area (Å²) >= 11 is 0.